The SMILES string of the molecule is CSc1ncnc2c1ncn2[C@@H]1O[C@H](CO)[C@@H](O)[C@@]1(C)O. The largest absolute Gasteiger partial charge is 0.394 e. The van der Waals surface area contributed by atoms with Crippen molar-refractivity contribution in [1.82, 2.24) is 19.5 Å². The highest BCUT2D eigenvalue weighted by molar-refractivity contribution is 7.98. The molecule has 0 spiro atoms. The molecule has 9 heteroatoms. The van der Waals surface area contributed by atoms with Crippen LogP contribution in [0.1, 0.15) is 13.2 Å². The van der Waals surface area contributed by atoms with Crippen molar-refractivity contribution in [2.24, 2.45) is 0 Å². The summed E-state index contributed by atoms with van der Waals surface area (Å²) in [6, 6.07) is 0. The maximum Gasteiger partial charge on any atom is 0.168 e. The van der Waals surface area contributed by atoms with E-state index in [-0.39, 0.29) is 6.61 Å². The van der Waals surface area contributed by atoms with Crippen LogP contribution in [-0.4, -0.2) is 65.5 Å². The van der Waals surface area contributed by atoms with Gasteiger partial charge in [0, 0.05) is 0 Å². The molecule has 3 N–H and O–H groups in total. The molecule has 0 unspecified atom stereocenters. The lowest BCUT2D eigenvalue weighted by molar-refractivity contribution is -0.0950. The summed E-state index contributed by atoms with van der Waals surface area (Å²) in [6.07, 6.45) is 1.84. The van der Waals surface area contributed by atoms with Crippen LogP contribution in [0.2, 0.25) is 0 Å². The molecule has 0 bridgehead atoms. The van der Waals surface area contributed by atoms with Crippen LogP contribution in [0.5, 0.6) is 0 Å². The maximum atomic E-state index is 10.5. The molecule has 1 aliphatic heterocycles. The van der Waals surface area contributed by atoms with E-state index >= 15 is 0 Å². The van der Waals surface area contributed by atoms with Crippen molar-refractivity contribution >= 4 is 22.9 Å². The van der Waals surface area contributed by atoms with Crippen molar-refractivity contribution in [2.75, 3.05) is 12.9 Å². The molecule has 8 nitrogen and oxygen atoms in total. The number of aliphatic hydroxyl groups excluding tert-OH is 2. The van der Waals surface area contributed by atoms with Gasteiger partial charge >= 0.3 is 0 Å². The molecule has 1 saturated heterocycles. The number of ether oxygens (including phenoxy) is 1. The van der Waals surface area contributed by atoms with Crippen molar-refractivity contribution in [2.45, 2.75) is 36.0 Å². The van der Waals surface area contributed by atoms with Crippen molar-refractivity contribution in [3.63, 3.8) is 0 Å². The fourth-order valence-electron chi connectivity index (χ4n) is 2.54. The van der Waals surface area contributed by atoms with Gasteiger partial charge in [-0.05, 0) is 13.2 Å². The van der Waals surface area contributed by atoms with Gasteiger partial charge in [-0.3, -0.25) is 4.57 Å². The minimum Gasteiger partial charge on any atom is -0.394 e. The number of rotatable bonds is 3. The quantitative estimate of drug-likeness (QED) is 0.516. The second kappa shape index (κ2) is 5.18. The van der Waals surface area contributed by atoms with E-state index in [9.17, 15) is 15.3 Å². The number of nitrogens with zero attached hydrogens (tertiary/aromatic N) is 4. The molecule has 0 aromatic carbocycles. The Morgan fingerprint density at radius 1 is 1.43 bits per heavy atom. The predicted molar refractivity (Wildman–Crippen MR) is 74.7 cm³/mol. The van der Waals surface area contributed by atoms with Crippen molar-refractivity contribution < 1.29 is 20.1 Å². The summed E-state index contributed by atoms with van der Waals surface area (Å²) in [6.45, 7) is 1.08. The van der Waals surface area contributed by atoms with Gasteiger partial charge in [-0.2, -0.15) is 0 Å². The molecule has 3 rings (SSSR count). The average Bonchev–Trinajstić information content (AvgIpc) is 2.99. The number of thioether (sulfide) groups is 1. The summed E-state index contributed by atoms with van der Waals surface area (Å²) in [5.41, 5.74) is -0.456. The Kier molecular flexibility index (Phi) is 3.62. The minimum atomic E-state index is -1.56. The normalized spacial score (nSPS) is 32.9. The number of imidazole rings is 1. The van der Waals surface area contributed by atoms with Gasteiger partial charge in [-0.25, -0.2) is 15.0 Å². The van der Waals surface area contributed by atoms with E-state index in [0.29, 0.717) is 11.2 Å². The van der Waals surface area contributed by atoms with Gasteiger partial charge in [0.05, 0.1) is 12.9 Å². The molecule has 1 aliphatic rings. The smallest absolute Gasteiger partial charge is 0.168 e. The lowest BCUT2D eigenvalue weighted by atomic mass is 9.96. The number of hydrogen-bond acceptors (Lipinski definition) is 8. The molecule has 4 atom stereocenters. The van der Waals surface area contributed by atoms with Gasteiger partial charge in [0.25, 0.3) is 0 Å². The molecular weight excluding hydrogens is 296 g/mol. The summed E-state index contributed by atoms with van der Waals surface area (Å²) in [5, 5.41) is 30.5. The first-order valence-corrected chi connectivity index (χ1v) is 7.61. The van der Waals surface area contributed by atoms with Gasteiger partial charge in [0.2, 0.25) is 0 Å². The Balaban J connectivity index is 2.09. The Morgan fingerprint density at radius 3 is 2.81 bits per heavy atom. The zero-order chi connectivity index (χ0) is 15.2. The third-order valence-corrected chi connectivity index (χ3v) is 4.39. The van der Waals surface area contributed by atoms with Crippen LogP contribution in [0.3, 0.4) is 0 Å². The van der Waals surface area contributed by atoms with Crippen LogP contribution < -0.4 is 0 Å². The minimum absolute atomic E-state index is 0.383. The van der Waals surface area contributed by atoms with E-state index < -0.39 is 24.0 Å². The molecule has 0 radical (unpaired) electrons. The van der Waals surface area contributed by atoms with E-state index in [1.54, 1.807) is 4.57 Å². The molecular formula is C12H16N4O4S. The van der Waals surface area contributed by atoms with Gasteiger partial charge in [-0.15, -0.1) is 11.8 Å². The second-order valence-electron chi connectivity index (χ2n) is 5.09. The summed E-state index contributed by atoms with van der Waals surface area (Å²) in [4.78, 5) is 12.6. The van der Waals surface area contributed by atoms with E-state index in [1.807, 2.05) is 6.26 Å². The fraction of sp³-hybridized carbons (Fsp3) is 0.583. The Labute approximate surface area is 124 Å². The van der Waals surface area contributed by atoms with Crippen LogP contribution in [0.4, 0.5) is 0 Å². The Hall–Kier alpha value is -1.26. The summed E-state index contributed by atoms with van der Waals surface area (Å²) < 4.78 is 7.12. The van der Waals surface area contributed by atoms with E-state index in [4.69, 9.17) is 4.74 Å². The summed E-state index contributed by atoms with van der Waals surface area (Å²) in [5.74, 6) is 0. The topological polar surface area (TPSA) is 114 Å². The van der Waals surface area contributed by atoms with Crippen LogP contribution in [-0.2, 0) is 4.74 Å². The second-order valence-corrected chi connectivity index (χ2v) is 5.88. The molecule has 2 aromatic rings. The lowest BCUT2D eigenvalue weighted by Gasteiger charge is -2.27. The highest BCUT2D eigenvalue weighted by atomic mass is 32.2. The molecule has 3 heterocycles. The lowest BCUT2D eigenvalue weighted by Crippen LogP contribution is -2.44. The number of hydrogen-bond donors (Lipinski definition) is 3. The Morgan fingerprint density at radius 2 is 2.19 bits per heavy atom. The number of aromatic nitrogens is 4. The van der Waals surface area contributed by atoms with Crippen LogP contribution >= 0.6 is 11.8 Å². The van der Waals surface area contributed by atoms with Crippen molar-refractivity contribution in [3.8, 4) is 0 Å². The van der Waals surface area contributed by atoms with Gasteiger partial charge in [0.15, 0.2) is 11.9 Å². The highest BCUT2D eigenvalue weighted by Gasteiger charge is 2.53. The van der Waals surface area contributed by atoms with E-state index in [2.05, 4.69) is 15.0 Å². The van der Waals surface area contributed by atoms with Crippen LogP contribution in [0.15, 0.2) is 17.7 Å². The van der Waals surface area contributed by atoms with Gasteiger partial charge in [-0.1, -0.05) is 0 Å². The first-order valence-electron chi connectivity index (χ1n) is 6.39. The van der Waals surface area contributed by atoms with Crippen LogP contribution in [0, 0.1) is 0 Å². The maximum absolute atomic E-state index is 10.5. The average molecular weight is 312 g/mol. The third-order valence-electron chi connectivity index (χ3n) is 3.71. The number of fused-ring (bicyclic) bond motifs is 1. The third kappa shape index (κ3) is 2.12. The van der Waals surface area contributed by atoms with Gasteiger partial charge in [0.1, 0.15) is 34.7 Å². The Bertz CT molecular complexity index is 662. The van der Waals surface area contributed by atoms with Gasteiger partial charge < -0.3 is 20.1 Å². The molecule has 2 aromatic heterocycles. The number of aliphatic hydroxyl groups is 3. The standard InChI is InChI=1S/C12H16N4O4S/c1-12(19)8(18)6(3-17)20-11(12)16-5-15-7-9(16)13-4-14-10(7)21-2/h4-6,8,11,17-19H,3H2,1-2H3/t6-,8-,11-,12-/m1/s1. The predicted octanol–water partition coefficient (Wildman–Crippen LogP) is -0.450. The van der Waals surface area contributed by atoms with Crippen molar-refractivity contribution in [3.05, 3.63) is 12.7 Å². The van der Waals surface area contributed by atoms with Crippen molar-refractivity contribution in [1.29, 1.82) is 0 Å². The van der Waals surface area contributed by atoms with Crippen LogP contribution in [0.25, 0.3) is 11.2 Å². The summed E-state index contributed by atoms with van der Waals surface area (Å²) >= 11 is 1.44. The first kappa shape index (κ1) is 14.7. The van der Waals surface area contributed by atoms with E-state index in [1.165, 1.54) is 31.3 Å². The zero-order valence-corrected chi connectivity index (χ0v) is 12.4. The molecule has 21 heavy (non-hydrogen) atoms. The molecule has 1 fully saturated rings. The first-order chi connectivity index (χ1) is 10.0. The molecule has 0 aliphatic carbocycles. The molecule has 0 amide bonds. The monoisotopic (exact) mass is 312 g/mol. The highest BCUT2D eigenvalue weighted by Crippen LogP contribution is 2.39. The molecule has 0 saturated carbocycles. The van der Waals surface area contributed by atoms with E-state index in [0.717, 1.165) is 5.03 Å². The molecule has 114 valence electrons. The fourth-order valence-corrected chi connectivity index (χ4v) is 3.03. The summed E-state index contributed by atoms with van der Waals surface area (Å²) in [7, 11) is 0. The zero-order valence-electron chi connectivity index (χ0n) is 11.5.